The van der Waals surface area contributed by atoms with Crippen molar-refractivity contribution in [3.05, 3.63) is 46.9 Å². The lowest BCUT2D eigenvalue weighted by Crippen LogP contribution is -2.40. The second kappa shape index (κ2) is 11.9. The average Bonchev–Trinajstić information content (AvgIpc) is 3.26. The Bertz CT molecular complexity index is 598. The summed E-state index contributed by atoms with van der Waals surface area (Å²) in [4.78, 5) is 16.7. The second-order valence-electron chi connectivity index (χ2n) is 4.93. The molecular formula is C16H24IN5OS. The van der Waals surface area contributed by atoms with Crippen molar-refractivity contribution >= 4 is 47.2 Å². The predicted octanol–water partition coefficient (Wildman–Crippen LogP) is 2.15. The van der Waals surface area contributed by atoms with Gasteiger partial charge in [-0.3, -0.25) is 9.79 Å². The van der Waals surface area contributed by atoms with E-state index in [4.69, 9.17) is 0 Å². The minimum atomic E-state index is -0.00534. The quantitative estimate of drug-likeness (QED) is 0.244. The van der Waals surface area contributed by atoms with Gasteiger partial charge in [0, 0.05) is 45.6 Å². The molecule has 132 valence electrons. The van der Waals surface area contributed by atoms with E-state index in [0.29, 0.717) is 6.54 Å². The van der Waals surface area contributed by atoms with Crippen molar-refractivity contribution in [3.63, 3.8) is 0 Å². The van der Waals surface area contributed by atoms with Gasteiger partial charge in [0.25, 0.3) is 5.91 Å². The summed E-state index contributed by atoms with van der Waals surface area (Å²) in [6.07, 6.45) is 4.91. The minimum absolute atomic E-state index is 0. The van der Waals surface area contributed by atoms with Crippen molar-refractivity contribution in [2.45, 2.75) is 13.0 Å². The van der Waals surface area contributed by atoms with Crippen molar-refractivity contribution in [1.29, 1.82) is 0 Å². The summed E-state index contributed by atoms with van der Waals surface area (Å²) in [6, 6.07) is 7.73. The Kier molecular flexibility index (Phi) is 10.2. The number of amides is 1. The summed E-state index contributed by atoms with van der Waals surface area (Å²) in [7, 11) is 1.75. The zero-order chi connectivity index (χ0) is 16.3. The van der Waals surface area contributed by atoms with Crippen LogP contribution in [0.4, 0.5) is 0 Å². The largest absolute Gasteiger partial charge is 0.356 e. The van der Waals surface area contributed by atoms with Gasteiger partial charge in [-0.25, -0.2) is 0 Å². The summed E-state index contributed by atoms with van der Waals surface area (Å²) < 4.78 is 2.11. The van der Waals surface area contributed by atoms with E-state index in [2.05, 4.69) is 25.5 Å². The Balaban J connectivity index is 0.00000288. The van der Waals surface area contributed by atoms with Gasteiger partial charge in [0.1, 0.15) is 0 Å². The minimum Gasteiger partial charge on any atom is -0.356 e. The molecule has 2 aromatic heterocycles. The van der Waals surface area contributed by atoms with Gasteiger partial charge in [0.2, 0.25) is 0 Å². The average molecular weight is 461 g/mol. The maximum atomic E-state index is 11.8. The lowest BCUT2D eigenvalue weighted by atomic mass is 10.4. The van der Waals surface area contributed by atoms with Crippen LogP contribution in [0.5, 0.6) is 0 Å². The number of thiophene rings is 1. The molecule has 0 aliphatic rings. The van der Waals surface area contributed by atoms with Gasteiger partial charge < -0.3 is 20.5 Å². The van der Waals surface area contributed by atoms with E-state index in [1.54, 1.807) is 7.05 Å². The fourth-order valence-electron chi connectivity index (χ4n) is 2.04. The highest BCUT2D eigenvalue weighted by molar-refractivity contribution is 14.0. The van der Waals surface area contributed by atoms with Gasteiger partial charge in [-0.15, -0.1) is 35.3 Å². The first-order valence-electron chi connectivity index (χ1n) is 7.66. The van der Waals surface area contributed by atoms with Gasteiger partial charge in [-0.05, 0) is 30.0 Å². The molecule has 0 unspecified atom stereocenters. The monoisotopic (exact) mass is 461 g/mol. The molecule has 0 atom stereocenters. The fourth-order valence-corrected chi connectivity index (χ4v) is 2.68. The van der Waals surface area contributed by atoms with E-state index in [9.17, 15) is 4.79 Å². The third-order valence-electron chi connectivity index (χ3n) is 3.23. The second-order valence-corrected chi connectivity index (χ2v) is 5.88. The van der Waals surface area contributed by atoms with Gasteiger partial charge in [0.05, 0.1) is 4.88 Å². The van der Waals surface area contributed by atoms with E-state index in [1.807, 2.05) is 42.0 Å². The predicted molar refractivity (Wildman–Crippen MR) is 110 cm³/mol. The number of hydrogen-bond donors (Lipinski definition) is 3. The molecule has 3 N–H and O–H groups in total. The molecule has 0 aliphatic carbocycles. The summed E-state index contributed by atoms with van der Waals surface area (Å²) in [5, 5.41) is 11.3. The van der Waals surface area contributed by atoms with Crippen LogP contribution < -0.4 is 16.0 Å². The molecule has 6 nitrogen and oxygen atoms in total. The van der Waals surface area contributed by atoms with Gasteiger partial charge >= 0.3 is 0 Å². The molecule has 2 heterocycles. The summed E-state index contributed by atoms with van der Waals surface area (Å²) in [6.45, 7) is 3.10. The summed E-state index contributed by atoms with van der Waals surface area (Å²) in [5.41, 5.74) is 0. The summed E-state index contributed by atoms with van der Waals surface area (Å²) in [5.74, 6) is 0.774. The number of carbonyl (C=O) groups excluding carboxylic acids is 1. The molecule has 0 spiro atoms. The smallest absolute Gasteiger partial charge is 0.261 e. The van der Waals surface area contributed by atoms with Crippen LogP contribution in [-0.2, 0) is 6.54 Å². The first kappa shape index (κ1) is 20.5. The molecule has 2 rings (SSSR count). The maximum absolute atomic E-state index is 11.8. The van der Waals surface area contributed by atoms with Crippen molar-refractivity contribution < 1.29 is 4.79 Å². The Hall–Kier alpha value is -1.55. The van der Waals surface area contributed by atoms with E-state index in [-0.39, 0.29) is 29.9 Å². The van der Waals surface area contributed by atoms with Crippen LogP contribution in [0.3, 0.4) is 0 Å². The van der Waals surface area contributed by atoms with E-state index in [1.165, 1.54) is 11.3 Å². The van der Waals surface area contributed by atoms with Gasteiger partial charge in [-0.2, -0.15) is 0 Å². The normalized spacial score (nSPS) is 10.8. The first-order chi connectivity index (χ1) is 11.3. The SMILES string of the molecule is CN=C(NCCCNC(=O)c1cccs1)NCCn1cccc1.I. The van der Waals surface area contributed by atoms with Crippen LogP contribution in [0.1, 0.15) is 16.1 Å². The standard InChI is InChI=1S/C16H23N5OS.HI/c1-17-16(20-9-12-21-10-2-3-11-21)19-8-5-7-18-15(22)14-6-4-13-23-14;/h2-4,6,10-11,13H,5,7-9,12H2,1H3,(H,18,22)(H2,17,19,20);1H. The molecule has 24 heavy (non-hydrogen) atoms. The number of carbonyl (C=O) groups is 1. The molecule has 0 bridgehead atoms. The highest BCUT2D eigenvalue weighted by atomic mass is 127. The van der Waals surface area contributed by atoms with Crippen LogP contribution in [0.25, 0.3) is 0 Å². The zero-order valence-corrected chi connectivity index (χ0v) is 16.8. The third-order valence-corrected chi connectivity index (χ3v) is 4.10. The van der Waals surface area contributed by atoms with Crippen LogP contribution in [0, 0.1) is 0 Å². The highest BCUT2D eigenvalue weighted by Crippen LogP contribution is 2.07. The number of nitrogens with one attached hydrogen (secondary N) is 3. The molecular weight excluding hydrogens is 437 g/mol. The Morgan fingerprint density at radius 2 is 1.83 bits per heavy atom. The number of guanidine groups is 1. The number of rotatable bonds is 8. The number of hydrogen-bond acceptors (Lipinski definition) is 3. The molecule has 0 saturated carbocycles. The maximum Gasteiger partial charge on any atom is 0.261 e. The van der Waals surface area contributed by atoms with Crippen LogP contribution in [-0.4, -0.2) is 43.1 Å². The van der Waals surface area contributed by atoms with Crippen molar-refractivity contribution in [3.8, 4) is 0 Å². The molecule has 0 saturated heterocycles. The lowest BCUT2D eigenvalue weighted by Gasteiger charge is -2.12. The van der Waals surface area contributed by atoms with Crippen LogP contribution >= 0.6 is 35.3 Å². The molecule has 0 aromatic carbocycles. The molecule has 0 fully saturated rings. The Labute approximate surface area is 163 Å². The molecule has 2 aromatic rings. The molecule has 1 amide bonds. The lowest BCUT2D eigenvalue weighted by molar-refractivity contribution is 0.0957. The van der Waals surface area contributed by atoms with Crippen LogP contribution in [0.15, 0.2) is 47.0 Å². The Morgan fingerprint density at radius 1 is 1.12 bits per heavy atom. The summed E-state index contributed by atoms with van der Waals surface area (Å²) >= 11 is 1.45. The van der Waals surface area contributed by atoms with Crippen molar-refractivity contribution in [1.82, 2.24) is 20.5 Å². The van der Waals surface area contributed by atoms with E-state index in [0.717, 1.165) is 36.9 Å². The molecule has 0 aliphatic heterocycles. The third kappa shape index (κ3) is 7.35. The fraction of sp³-hybridized carbons (Fsp3) is 0.375. The van der Waals surface area contributed by atoms with Crippen molar-refractivity contribution in [2.24, 2.45) is 4.99 Å². The molecule has 8 heteroatoms. The first-order valence-corrected chi connectivity index (χ1v) is 8.54. The Morgan fingerprint density at radius 3 is 2.50 bits per heavy atom. The van der Waals surface area contributed by atoms with E-state index >= 15 is 0 Å². The number of aliphatic imine (C=N–C) groups is 1. The number of halogens is 1. The zero-order valence-electron chi connectivity index (χ0n) is 13.7. The molecule has 0 radical (unpaired) electrons. The van der Waals surface area contributed by atoms with Crippen LogP contribution in [0.2, 0.25) is 0 Å². The topological polar surface area (TPSA) is 70.4 Å². The van der Waals surface area contributed by atoms with Gasteiger partial charge in [0.15, 0.2) is 5.96 Å². The van der Waals surface area contributed by atoms with Crippen molar-refractivity contribution in [2.75, 3.05) is 26.7 Å². The van der Waals surface area contributed by atoms with Gasteiger partial charge in [-0.1, -0.05) is 6.07 Å². The number of nitrogens with zero attached hydrogens (tertiary/aromatic N) is 2. The number of aromatic nitrogens is 1. The van der Waals surface area contributed by atoms with E-state index < -0.39 is 0 Å². The highest BCUT2D eigenvalue weighted by Gasteiger charge is 2.04.